The predicted octanol–water partition coefficient (Wildman–Crippen LogP) is 0.173. The standard InChI is InChI=1S/C13H15N3O4/c1-8(6-11(14)17)16-13(20)10-4-5-15-7-9(10)2-3-12(18)19/h2-5,7-8H,6H2,1H3,(H2,14,17)(H,16,20)(H,18,19)/b3-2+. The molecule has 0 aliphatic rings. The van der Waals surface area contributed by atoms with E-state index in [4.69, 9.17) is 10.8 Å². The highest BCUT2D eigenvalue weighted by Gasteiger charge is 2.14. The van der Waals surface area contributed by atoms with E-state index in [-0.39, 0.29) is 12.0 Å². The zero-order valence-corrected chi connectivity index (χ0v) is 10.9. The molecule has 1 unspecified atom stereocenters. The van der Waals surface area contributed by atoms with Crippen LogP contribution in [0, 0.1) is 0 Å². The highest BCUT2D eigenvalue weighted by molar-refractivity contribution is 5.99. The number of carbonyl (C=O) groups is 3. The maximum Gasteiger partial charge on any atom is 0.328 e. The number of pyridine rings is 1. The van der Waals surface area contributed by atoms with Crippen LogP contribution in [0.2, 0.25) is 0 Å². The van der Waals surface area contributed by atoms with Crippen LogP contribution < -0.4 is 11.1 Å². The molecule has 20 heavy (non-hydrogen) atoms. The van der Waals surface area contributed by atoms with Gasteiger partial charge in [0.05, 0.1) is 0 Å². The molecule has 0 aliphatic carbocycles. The van der Waals surface area contributed by atoms with Gasteiger partial charge in [0.2, 0.25) is 5.91 Å². The van der Waals surface area contributed by atoms with E-state index in [0.29, 0.717) is 5.56 Å². The Hall–Kier alpha value is -2.70. The van der Waals surface area contributed by atoms with Crippen molar-refractivity contribution in [1.29, 1.82) is 0 Å². The number of primary amides is 1. The fourth-order valence-electron chi connectivity index (χ4n) is 1.56. The summed E-state index contributed by atoms with van der Waals surface area (Å²) in [5.41, 5.74) is 5.69. The Kier molecular flexibility index (Phi) is 5.40. The third-order valence-corrected chi connectivity index (χ3v) is 2.39. The molecule has 0 aliphatic heterocycles. The van der Waals surface area contributed by atoms with E-state index >= 15 is 0 Å². The molecule has 0 fully saturated rings. The lowest BCUT2D eigenvalue weighted by atomic mass is 10.1. The van der Waals surface area contributed by atoms with Crippen molar-refractivity contribution in [2.24, 2.45) is 5.73 Å². The number of carboxylic acids is 1. The maximum atomic E-state index is 12.0. The highest BCUT2D eigenvalue weighted by Crippen LogP contribution is 2.09. The number of rotatable bonds is 6. The van der Waals surface area contributed by atoms with Gasteiger partial charge in [-0.3, -0.25) is 14.6 Å². The molecule has 4 N–H and O–H groups in total. The van der Waals surface area contributed by atoms with E-state index in [2.05, 4.69) is 10.3 Å². The summed E-state index contributed by atoms with van der Waals surface area (Å²) in [4.78, 5) is 37.1. The van der Waals surface area contributed by atoms with Crippen molar-refractivity contribution in [3.05, 3.63) is 35.7 Å². The fraction of sp³-hybridized carbons (Fsp3) is 0.231. The summed E-state index contributed by atoms with van der Waals surface area (Å²) >= 11 is 0. The molecule has 0 radical (unpaired) electrons. The van der Waals surface area contributed by atoms with Crippen LogP contribution in [0.5, 0.6) is 0 Å². The van der Waals surface area contributed by atoms with Crippen LogP contribution in [-0.2, 0) is 9.59 Å². The van der Waals surface area contributed by atoms with Gasteiger partial charge >= 0.3 is 5.97 Å². The van der Waals surface area contributed by atoms with Gasteiger partial charge in [-0.1, -0.05) is 0 Å². The second-order valence-electron chi connectivity index (χ2n) is 4.18. The van der Waals surface area contributed by atoms with E-state index in [9.17, 15) is 14.4 Å². The second-order valence-corrected chi connectivity index (χ2v) is 4.18. The van der Waals surface area contributed by atoms with Gasteiger partial charge in [0.25, 0.3) is 5.91 Å². The van der Waals surface area contributed by atoms with Crippen LogP contribution in [0.3, 0.4) is 0 Å². The van der Waals surface area contributed by atoms with Crippen LogP contribution in [0.4, 0.5) is 0 Å². The third-order valence-electron chi connectivity index (χ3n) is 2.39. The van der Waals surface area contributed by atoms with Crippen LogP contribution >= 0.6 is 0 Å². The summed E-state index contributed by atoms with van der Waals surface area (Å²) in [6.45, 7) is 1.65. The van der Waals surface area contributed by atoms with Crippen molar-refractivity contribution in [2.45, 2.75) is 19.4 Å². The smallest absolute Gasteiger partial charge is 0.328 e. The first kappa shape index (κ1) is 15.4. The number of nitrogens with two attached hydrogens (primary N) is 1. The fourth-order valence-corrected chi connectivity index (χ4v) is 1.56. The van der Waals surface area contributed by atoms with Crippen LogP contribution in [0.25, 0.3) is 6.08 Å². The van der Waals surface area contributed by atoms with Gasteiger partial charge in [0.1, 0.15) is 0 Å². The Bertz CT molecular complexity index is 554. The van der Waals surface area contributed by atoms with E-state index in [1.165, 1.54) is 24.5 Å². The van der Waals surface area contributed by atoms with Crippen LogP contribution in [0.15, 0.2) is 24.5 Å². The molecule has 0 spiro atoms. The summed E-state index contributed by atoms with van der Waals surface area (Å²) in [5.74, 6) is -2.06. The van der Waals surface area contributed by atoms with Crippen molar-refractivity contribution >= 4 is 23.9 Å². The van der Waals surface area contributed by atoms with Crippen molar-refractivity contribution < 1.29 is 19.5 Å². The molecular formula is C13H15N3O4. The Morgan fingerprint density at radius 2 is 2.20 bits per heavy atom. The van der Waals surface area contributed by atoms with Crippen molar-refractivity contribution in [2.75, 3.05) is 0 Å². The largest absolute Gasteiger partial charge is 0.478 e. The SMILES string of the molecule is CC(CC(N)=O)NC(=O)c1ccncc1/C=C/C(=O)O. The number of nitrogens with one attached hydrogen (secondary N) is 1. The zero-order chi connectivity index (χ0) is 15.1. The number of hydrogen-bond donors (Lipinski definition) is 3. The summed E-state index contributed by atoms with van der Waals surface area (Å²) in [6, 6.07) is 1.05. The normalized spacial score (nSPS) is 12.1. The second kappa shape index (κ2) is 7.03. The molecule has 0 bridgehead atoms. The van der Waals surface area contributed by atoms with Gasteiger partial charge in [0, 0.05) is 42.1 Å². The van der Waals surface area contributed by atoms with Gasteiger partial charge in [-0.15, -0.1) is 0 Å². The van der Waals surface area contributed by atoms with Crippen molar-refractivity contribution in [1.82, 2.24) is 10.3 Å². The lowest BCUT2D eigenvalue weighted by Crippen LogP contribution is -2.36. The Morgan fingerprint density at radius 3 is 2.80 bits per heavy atom. The van der Waals surface area contributed by atoms with Gasteiger partial charge in [-0.05, 0) is 19.1 Å². The minimum Gasteiger partial charge on any atom is -0.478 e. The van der Waals surface area contributed by atoms with Crippen LogP contribution in [-0.4, -0.2) is 33.9 Å². The van der Waals surface area contributed by atoms with Gasteiger partial charge < -0.3 is 16.2 Å². The molecule has 0 saturated heterocycles. The molecule has 2 amide bonds. The molecule has 0 saturated carbocycles. The minimum absolute atomic E-state index is 0.0249. The summed E-state index contributed by atoms with van der Waals surface area (Å²) in [7, 11) is 0. The van der Waals surface area contributed by atoms with Gasteiger partial charge in [0.15, 0.2) is 0 Å². The van der Waals surface area contributed by atoms with Crippen LogP contribution in [0.1, 0.15) is 29.3 Å². The molecule has 7 heteroatoms. The topological polar surface area (TPSA) is 122 Å². The maximum absolute atomic E-state index is 12.0. The van der Waals surface area contributed by atoms with Gasteiger partial charge in [-0.25, -0.2) is 4.79 Å². The molecule has 7 nitrogen and oxygen atoms in total. The van der Waals surface area contributed by atoms with E-state index in [1.807, 2.05) is 0 Å². The number of nitrogens with zero attached hydrogens (tertiary/aromatic N) is 1. The minimum atomic E-state index is -1.12. The number of aromatic nitrogens is 1. The van der Waals surface area contributed by atoms with Gasteiger partial charge in [-0.2, -0.15) is 0 Å². The Balaban J connectivity index is 2.87. The summed E-state index contributed by atoms with van der Waals surface area (Å²) in [5, 5.41) is 11.2. The summed E-state index contributed by atoms with van der Waals surface area (Å²) in [6.07, 6.45) is 5.03. The van der Waals surface area contributed by atoms with Crippen molar-refractivity contribution in [3.8, 4) is 0 Å². The monoisotopic (exact) mass is 277 g/mol. The molecule has 1 atom stereocenters. The van der Waals surface area contributed by atoms with E-state index in [0.717, 1.165) is 6.08 Å². The van der Waals surface area contributed by atoms with E-state index in [1.54, 1.807) is 6.92 Å². The van der Waals surface area contributed by atoms with Crippen molar-refractivity contribution in [3.63, 3.8) is 0 Å². The Labute approximate surface area is 115 Å². The first-order valence-electron chi connectivity index (χ1n) is 5.84. The molecular weight excluding hydrogens is 262 g/mol. The number of carboxylic acid groups (broad SMARTS) is 1. The molecule has 106 valence electrons. The third kappa shape index (κ3) is 4.89. The molecule has 1 rings (SSSR count). The molecule has 1 heterocycles. The lowest BCUT2D eigenvalue weighted by molar-refractivity contribution is -0.131. The number of carbonyl (C=O) groups excluding carboxylic acids is 2. The number of hydrogen-bond acceptors (Lipinski definition) is 4. The summed E-state index contributed by atoms with van der Waals surface area (Å²) < 4.78 is 0. The average molecular weight is 277 g/mol. The Morgan fingerprint density at radius 1 is 1.50 bits per heavy atom. The highest BCUT2D eigenvalue weighted by atomic mass is 16.4. The average Bonchev–Trinajstić information content (AvgIpc) is 2.35. The predicted molar refractivity (Wildman–Crippen MR) is 71.6 cm³/mol. The molecule has 1 aromatic rings. The molecule has 1 aromatic heterocycles. The van der Waals surface area contributed by atoms with E-state index < -0.39 is 23.8 Å². The zero-order valence-electron chi connectivity index (χ0n) is 10.9. The quantitative estimate of drug-likeness (QED) is 0.640. The number of amides is 2. The first-order chi connectivity index (χ1) is 9.40. The number of aliphatic carboxylic acids is 1. The first-order valence-corrected chi connectivity index (χ1v) is 5.84. The molecule has 0 aromatic carbocycles. The lowest BCUT2D eigenvalue weighted by Gasteiger charge is -2.13.